The van der Waals surface area contributed by atoms with Gasteiger partial charge in [0.2, 0.25) is 0 Å². The van der Waals surface area contributed by atoms with E-state index >= 15 is 0 Å². The summed E-state index contributed by atoms with van der Waals surface area (Å²) in [5.41, 5.74) is 1.12. The highest BCUT2D eigenvalue weighted by Gasteiger charge is 3.10. The van der Waals surface area contributed by atoms with E-state index in [1.165, 1.54) is 19.3 Å². The second-order valence-electron chi connectivity index (χ2n) is 10.8. The predicted octanol–water partition coefficient (Wildman–Crippen LogP) is 2.29. The lowest BCUT2D eigenvalue weighted by Crippen LogP contribution is -2.71. The smallest absolute Gasteiger partial charge is 0.320 e. The van der Waals surface area contributed by atoms with Crippen molar-refractivity contribution in [1.29, 1.82) is 0 Å². The van der Waals surface area contributed by atoms with E-state index in [1.54, 1.807) is 0 Å². The number of carbonyl (C=O) groups is 2. The monoisotopic (exact) mass is 294 g/mol. The van der Waals surface area contributed by atoms with Crippen molar-refractivity contribution in [2.24, 2.45) is 56.2 Å². The normalized spacial score (nSPS) is 83.8. The average Bonchev–Trinajstić information content (AvgIpc) is 3.15. The topological polar surface area (TPSA) is 43.4 Å². The minimum absolute atomic E-state index is 0.110. The van der Waals surface area contributed by atoms with Crippen molar-refractivity contribution in [3.63, 3.8) is 0 Å². The fourth-order valence-corrected chi connectivity index (χ4v) is 13.0. The van der Waals surface area contributed by atoms with Crippen LogP contribution in [-0.2, 0) is 14.3 Å². The van der Waals surface area contributed by atoms with Gasteiger partial charge >= 0.3 is 11.9 Å². The van der Waals surface area contributed by atoms with Gasteiger partial charge < -0.3 is 4.74 Å². The second kappa shape index (κ2) is 1.97. The van der Waals surface area contributed by atoms with Crippen LogP contribution in [0.15, 0.2) is 0 Å². The van der Waals surface area contributed by atoms with Gasteiger partial charge in [0.05, 0.1) is 10.8 Å². The Kier molecular flexibility index (Phi) is 0.906. The number of esters is 2. The summed E-state index contributed by atoms with van der Waals surface area (Å²) in [5, 5.41) is 0. The van der Waals surface area contributed by atoms with Crippen molar-refractivity contribution in [2.45, 2.75) is 44.9 Å². The number of cyclic esters (lactones) is 2. The molecule has 0 unspecified atom stereocenters. The van der Waals surface area contributed by atoms with Crippen LogP contribution < -0.4 is 0 Å². The molecule has 0 amide bonds. The Labute approximate surface area is 128 Å². The van der Waals surface area contributed by atoms with Crippen LogP contribution in [0.1, 0.15) is 44.9 Å². The third-order valence-corrected chi connectivity index (χ3v) is 12.2. The van der Waals surface area contributed by atoms with Crippen LogP contribution >= 0.6 is 0 Å². The number of hydrogen-bond donors (Lipinski definition) is 0. The zero-order chi connectivity index (χ0) is 14.1. The maximum absolute atomic E-state index is 12.8. The van der Waals surface area contributed by atoms with Gasteiger partial charge in [-0.15, -0.1) is 0 Å². The predicted molar refractivity (Wildman–Crippen MR) is 72.0 cm³/mol. The number of fused-ring (bicyclic) bond motifs is 2. The molecule has 0 N–H and O–H groups in total. The quantitative estimate of drug-likeness (QED) is 0.508. The van der Waals surface area contributed by atoms with Crippen molar-refractivity contribution >= 4 is 11.9 Å². The van der Waals surface area contributed by atoms with E-state index < -0.39 is 0 Å². The molecule has 0 aromatic carbocycles. The third kappa shape index (κ3) is 0.422. The van der Waals surface area contributed by atoms with E-state index in [9.17, 15) is 9.59 Å². The van der Waals surface area contributed by atoms with Gasteiger partial charge in [0.1, 0.15) is 0 Å². The van der Waals surface area contributed by atoms with Crippen LogP contribution in [-0.4, -0.2) is 11.9 Å². The Morgan fingerprint density at radius 3 is 1.77 bits per heavy atom. The first-order valence-electron chi connectivity index (χ1n) is 9.31. The minimum atomic E-state index is -0.379. The Bertz CT molecular complexity index is 767. The summed E-state index contributed by atoms with van der Waals surface area (Å²) < 4.78 is 5.36. The summed E-state index contributed by atoms with van der Waals surface area (Å²) in [6, 6.07) is 0. The fourth-order valence-electron chi connectivity index (χ4n) is 13.0. The summed E-state index contributed by atoms with van der Waals surface area (Å²) in [6.45, 7) is 0. The molecule has 0 radical (unpaired) electrons. The van der Waals surface area contributed by atoms with Crippen molar-refractivity contribution in [2.75, 3.05) is 0 Å². The van der Waals surface area contributed by atoms with E-state index in [0.717, 1.165) is 49.4 Å². The van der Waals surface area contributed by atoms with E-state index in [1.807, 2.05) is 0 Å². The molecule has 7 saturated carbocycles. The van der Waals surface area contributed by atoms with Crippen LogP contribution in [0, 0.1) is 56.2 Å². The fraction of sp³-hybridized carbons (Fsp3) is 0.895. The molecule has 8 fully saturated rings. The average molecular weight is 294 g/mol. The highest BCUT2D eigenvalue weighted by atomic mass is 16.6. The summed E-state index contributed by atoms with van der Waals surface area (Å²) in [5.74, 6) is 3.59. The highest BCUT2D eigenvalue weighted by Crippen LogP contribution is 3.13. The van der Waals surface area contributed by atoms with Crippen LogP contribution in [0.5, 0.6) is 0 Å². The molecular formula is C19H18O3. The summed E-state index contributed by atoms with van der Waals surface area (Å²) >= 11 is 0. The van der Waals surface area contributed by atoms with Crippen LogP contribution in [0.25, 0.3) is 0 Å². The molecule has 7 aliphatic carbocycles. The van der Waals surface area contributed by atoms with E-state index in [-0.39, 0.29) is 22.8 Å². The molecule has 1 aliphatic heterocycles. The van der Waals surface area contributed by atoms with Gasteiger partial charge in [-0.3, -0.25) is 9.59 Å². The maximum atomic E-state index is 12.8. The van der Waals surface area contributed by atoms with Crippen molar-refractivity contribution in [3.8, 4) is 0 Å². The lowest BCUT2D eigenvalue weighted by atomic mass is 9.28. The molecule has 1 saturated heterocycles. The number of carbonyl (C=O) groups excluding carboxylic acids is 2. The van der Waals surface area contributed by atoms with E-state index in [4.69, 9.17) is 4.74 Å². The molecule has 22 heavy (non-hydrogen) atoms. The molecule has 1 heterocycles. The van der Waals surface area contributed by atoms with Crippen molar-refractivity contribution in [3.05, 3.63) is 0 Å². The van der Waals surface area contributed by atoms with Gasteiger partial charge in [0.25, 0.3) is 0 Å². The number of rotatable bonds is 0. The number of hydrogen-bond acceptors (Lipinski definition) is 3. The Hall–Kier alpha value is -0.860. The van der Waals surface area contributed by atoms with Crippen molar-refractivity contribution < 1.29 is 14.3 Å². The molecule has 3 nitrogen and oxygen atoms in total. The first-order chi connectivity index (χ1) is 10.5. The number of ether oxygens (including phenoxy) is 1. The largest absolute Gasteiger partial charge is 0.392 e. The van der Waals surface area contributed by atoms with Gasteiger partial charge in [-0.2, -0.15) is 0 Å². The van der Waals surface area contributed by atoms with Crippen LogP contribution in [0.3, 0.4) is 0 Å². The second-order valence-corrected chi connectivity index (χ2v) is 10.8. The molecule has 2 bridgehead atoms. The first-order valence-corrected chi connectivity index (χ1v) is 9.31. The van der Waals surface area contributed by atoms with Crippen molar-refractivity contribution in [1.82, 2.24) is 0 Å². The molecule has 8 rings (SSSR count). The molecule has 3 heteroatoms. The Balaban J connectivity index is 1.53. The molecule has 8 aliphatic rings. The summed E-state index contributed by atoms with van der Waals surface area (Å²) in [6.07, 6.45) is 8.47. The zero-order valence-electron chi connectivity index (χ0n) is 12.5. The van der Waals surface area contributed by atoms with Gasteiger partial charge in [-0.05, 0) is 90.3 Å². The maximum Gasteiger partial charge on any atom is 0.320 e. The van der Waals surface area contributed by atoms with E-state index in [0.29, 0.717) is 21.7 Å². The summed E-state index contributed by atoms with van der Waals surface area (Å²) in [7, 11) is 0. The van der Waals surface area contributed by atoms with Gasteiger partial charge in [0, 0.05) is 0 Å². The zero-order valence-corrected chi connectivity index (χ0v) is 12.5. The Morgan fingerprint density at radius 2 is 1.27 bits per heavy atom. The lowest BCUT2D eigenvalue weighted by molar-refractivity contribution is -0.286. The van der Waals surface area contributed by atoms with Crippen LogP contribution in [0.2, 0.25) is 0 Å². The van der Waals surface area contributed by atoms with Crippen LogP contribution in [0.4, 0.5) is 0 Å². The lowest BCUT2D eigenvalue weighted by Gasteiger charge is -2.75. The highest BCUT2D eigenvalue weighted by molar-refractivity contribution is 6.04. The van der Waals surface area contributed by atoms with Gasteiger partial charge in [-0.1, -0.05) is 0 Å². The molecule has 0 aromatic rings. The summed E-state index contributed by atoms with van der Waals surface area (Å²) in [4.78, 5) is 25.6. The SMILES string of the molecule is O=C1OC(=O)[C@]23C[C@@]45C[C@@H]6[C@@H]7C[C@]48C[C@]12C[C@@]81[C@@H]7C[C@@H]6[C@@]51C3. The third-order valence-electron chi connectivity index (χ3n) is 12.2. The molecular weight excluding hydrogens is 276 g/mol. The standard InChI is InChI=1S/C19H18O3/c20-12-14-4-16-2-8-9-3-17(16)5-15(14,13(21)22-12)7-19(17)11(9)1-10(8)18(16,19)6-14/h8-11H,1-7H2/t8-,9+,10+,11-,14-,15+,16-,17-,18+,19-/m0/s1. The van der Waals surface area contributed by atoms with Gasteiger partial charge in [0.15, 0.2) is 0 Å². The first kappa shape index (κ1) is 10.1. The molecule has 112 valence electrons. The van der Waals surface area contributed by atoms with E-state index in [2.05, 4.69) is 0 Å². The van der Waals surface area contributed by atoms with Gasteiger partial charge in [-0.25, -0.2) is 0 Å². The molecule has 4 spiro atoms. The minimum Gasteiger partial charge on any atom is -0.392 e. The molecule has 0 aromatic heterocycles. The Morgan fingerprint density at radius 1 is 0.773 bits per heavy atom. The molecule has 10 atom stereocenters.